The van der Waals surface area contributed by atoms with Gasteiger partial charge in [-0.15, -0.1) is 0 Å². The molecule has 0 saturated heterocycles. The van der Waals surface area contributed by atoms with Crippen LogP contribution in [-0.4, -0.2) is 5.97 Å². The molecular weight excluding hydrogens is 240 g/mol. The Kier molecular flexibility index (Phi) is 1.90. The summed E-state index contributed by atoms with van der Waals surface area (Å²) in [6.07, 6.45) is 1.49. The Morgan fingerprint density at radius 3 is 2.42 bits per heavy atom. The predicted molar refractivity (Wildman–Crippen MR) is 73.7 cm³/mol. The van der Waals surface area contributed by atoms with Crippen LogP contribution in [0, 0.1) is 0 Å². The van der Waals surface area contributed by atoms with Crippen molar-refractivity contribution in [1.82, 2.24) is 0 Å². The zero-order chi connectivity index (χ0) is 13.0. The molecule has 0 aliphatic heterocycles. The third kappa shape index (κ3) is 1.35. The highest BCUT2D eigenvalue weighted by molar-refractivity contribution is 6.23. The molecule has 0 N–H and O–H groups in total. The summed E-state index contributed by atoms with van der Waals surface area (Å²) in [6.45, 7) is 1.39. The molecule has 3 aromatic carbocycles. The van der Waals surface area contributed by atoms with Crippen molar-refractivity contribution in [2.45, 2.75) is 6.92 Å². The molecule has 0 fully saturated rings. The maximum atomic E-state index is 11.2. The van der Waals surface area contributed by atoms with Gasteiger partial charge in [-0.3, -0.25) is 4.79 Å². The number of hydrogen-bond donors (Lipinski definition) is 0. The van der Waals surface area contributed by atoms with Crippen molar-refractivity contribution in [3.8, 4) is 5.75 Å². The first-order chi connectivity index (χ1) is 9.24. The molecule has 1 heterocycles. The van der Waals surface area contributed by atoms with Gasteiger partial charge in [0.15, 0.2) is 5.75 Å². The van der Waals surface area contributed by atoms with Crippen molar-refractivity contribution >= 4 is 38.5 Å². The van der Waals surface area contributed by atoms with Crippen molar-refractivity contribution in [3.05, 3.63) is 42.7 Å². The van der Waals surface area contributed by atoms with Gasteiger partial charge in [-0.2, -0.15) is 0 Å². The number of ether oxygens (including phenoxy) is 1. The standard InChI is InChI=1S/C16H10O3/c1-9(17)19-14-8-18-13-7-5-11-3-2-10-4-6-12(14)16(13)15(10)11/h2-8H,1H3. The van der Waals surface area contributed by atoms with Gasteiger partial charge in [-0.1, -0.05) is 24.3 Å². The monoisotopic (exact) mass is 250 g/mol. The molecule has 0 amide bonds. The highest BCUT2D eigenvalue weighted by atomic mass is 16.5. The number of carbonyl (C=O) groups excluding carboxylic acids is 1. The van der Waals surface area contributed by atoms with Gasteiger partial charge in [-0.25, -0.2) is 0 Å². The highest BCUT2D eigenvalue weighted by Crippen LogP contribution is 2.39. The third-order valence-electron chi connectivity index (χ3n) is 3.44. The molecule has 4 rings (SSSR count). The van der Waals surface area contributed by atoms with E-state index in [2.05, 4.69) is 12.1 Å². The lowest BCUT2D eigenvalue weighted by Gasteiger charge is -2.09. The molecule has 0 atom stereocenters. The van der Waals surface area contributed by atoms with E-state index in [1.807, 2.05) is 24.3 Å². The van der Waals surface area contributed by atoms with E-state index in [4.69, 9.17) is 9.15 Å². The Morgan fingerprint density at radius 2 is 1.68 bits per heavy atom. The maximum Gasteiger partial charge on any atom is 0.308 e. The Labute approximate surface area is 108 Å². The number of esters is 1. The van der Waals surface area contributed by atoms with E-state index in [1.165, 1.54) is 24.0 Å². The van der Waals surface area contributed by atoms with E-state index in [0.29, 0.717) is 5.75 Å². The predicted octanol–water partition coefficient (Wildman–Crippen LogP) is 4.10. The number of benzene rings is 2. The summed E-state index contributed by atoms with van der Waals surface area (Å²) in [5, 5.41) is 5.42. The van der Waals surface area contributed by atoms with Crippen LogP contribution >= 0.6 is 0 Å². The zero-order valence-corrected chi connectivity index (χ0v) is 10.3. The smallest absolute Gasteiger partial charge is 0.308 e. The molecule has 0 unspecified atom stereocenters. The van der Waals surface area contributed by atoms with E-state index in [-0.39, 0.29) is 5.97 Å². The largest absolute Gasteiger partial charge is 0.460 e. The molecule has 1 aromatic heterocycles. The van der Waals surface area contributed by atoms with Crippen molar-refractivity contribution < 1.29 is 13.9 Å². The molecular formula is C16H10O3. The van der Waals surface area contributed by atoms with Gasteiger partial charge in [0.1, 0.15) is 11.8 Å². The van der Waals surface area contributed by atoms with Crippen LogP contribution in [0.2, 0.25) is 0 Å². The fraction of sp³-hybridized carbons (Fsp3) is 0.0625. The van der Waals surface area contributed by atoms with Gasteiger partial charge in [0, 0.05) is 23.1 Å². The van der Waals surface area contributed by atoms with Gasteiger partial charge in [-0.05, 0) is 22.9 Å². The van der Waals surface area contributed by atoms with Gasteiger partial charge in [0.2, 0.25) is 0 Å². The zero-order valence-electron chi connectivity index (χ0n) is 10.3. The average Bonchev–Trinajstić information content (AvgIpc) is 2.82. The molecule has 0 saturated carbocycles. The van der Waals surface area contributed by atoms with Crippen molar-refractivity contribution in [1.29, 1.82) is 0 Å². The van der Waals surface area contributed by atoms with Crippen molar-refractivity contribution in [3.63, 3.8) is 0 Å². The molecule has 3 nitrogen and oxygen atoms in total. The summed E-state index contributed by atoms with van der Waals surface area (Å²) in [6, 6.07) is 12.2. The molecule has 4 aromatic rings. The minimum absolute atomic E-state index is 0.348. The summed E-state index contributed by atoms with van der Waals surface area (Å²) in [5.41, 5.74) is 0.801. The first-order valence-corrected chi connectivity index (χ1v) is 6.07. The first-order valence-electron chi connectivity index (χ1n) is 6.07. The molecule has 19 heavy (non-hydrogen) atoms. The van der Waals surface area contributed by atoms with Crippen LogP contribution in [0.15, 0.2) is 47.1 Å². The van der Waals surface area contributed by atoms with Crippen molar-refractivity contribution in [2.75, 3.05) is 0 Å². The van der Waals surface area contributed by atoms with Gasteiger partial charge in [0.05, 0.1) is 0 Å². The van der Waals surface area contributed by atoms with E-state index >= 15 is 0 Å². The van der Waals surface area contributed by atoms with E-state index in [9.17, 15) is 4.79 Å². The maximum absolute atomic E-state index is 11.2. The second-order valence-electron chi connectivity index (χ2n) is 4.63. The fourth-order valence-electron chi connectivity index (χ4n) is 2.69. The first kappa shape index (κ1) is 10.4. The molecule has 0 radical (unpaired) electrons. The molecule has 0 aliphatic carbocycles. The Balaban J connectivity index is 2.22. The third-order valence-corrected chi connectivity index (χ3v) is 3.44. The Hall–Kier alpha value is -2.55. The second kappa shape index (κ2) is 3.48. The van der Waals surface area contributed by atoms with E-state index in [0.717, 1.165) is 21.7 Å². The van der Waals surface area contributed by atoms with E-state index < -0.39 is 0 Å². The lowest BCUT2D eigenvalue weighted by molar-refractivity contribution is -0.131. The second-order valence-corrected chi connectivity index (χ2v) is 4.63. The lowest BCUT2D eigenvalue weighted by atomic mass is 10.0. The normalized spacial score (nSPS) is 11.6. The lowest BCUT2D eigenvalue weighted by Crippen LogP contribution is -2.01. The topological polar surface area (TPSA) is 39.4 Å². The molecule has 0 spiro atoms. The van der Waals surface area contributed by atoms with Crippen LogP contribution in [-0.2, 0) is 4.79 Å². The van der Waals surface area contributed by atoms with Gasteiger partial charge < -0.3 is 9.15 Å². The van der Waals surface area contributed by atoms with Crippen molar-refractivity contribution in [2.24, 2.45) is 0 Å². The highest BCUT2D eigenvalue weighted by Gasteiger charge is 2.14. The van der Waals surface area contributed by atoms with Crippen LogP contribution in [0.1, 0.15) is 6.92 Å². The molecule has 92 valence electrons. The summed E-state index contributed by atoms with van der Waals surface area (Å²) >= 11 is 0. The summed E-state index contributed by atoms with van der Waals surface area (Å²) in [7, 11) is 0. The van der Waals surface area contributed by atoms with Gasteiger partial charge >= 0.3 is 5.97 Å². The summed E-state index contributed by atoms with van der Waals surface area (Å²) < 4.78 is 10.8. The summed E-state index contributed by atoms with van der Waals surface area (Å²) in [5.74, 6) is 0.121. The minimum atomic E-state index is -0.348. The number of carbonyl (C=O) groups is 1. The SMILES string of the molecule is CC(=O)Oc1coc2ccc3ccc4ccc1c2c34. The van der Waals surface area contributed by atoms with Gasteiger partial charge in [0.25, 0.3) is 0 Å². The quantitative estimate of drug-likeness (QED) is 0.477. The molecule has 0 aliphatic rings. The fourth-order valence-corrected chi connectivity index (χ4v) is 2.69. The van der Waals surface area contributed by atoms with Crippen LogP contribution in [0.3, 0.4) is 0 Å². The summed E-state index contributed by atoms with van der Waals surface area (Å²) in [4.78, 5) is 11.2. The van der Waals surface area contributed by atoms with Crippen LogP contribution < -0.4 is 4.74 Å². The average molecular weight is 250 g/mol. The molecule has 3 heteroatoms. The number of rotatable bonds is 1. The number of hydrogen-bond acceptors (Lipinski definition) is 3. The van der Waals surface area contributed by atoms with E-state index in [1.54, 1.807) is 0 Å². The minimum Gasteiger partial charge on any atom is -0.460 e. The van der Waals surface area contributed by atoms with Crippen LogP contribution in [0.4, 0.5) is 0 Å². The van der Waals surface area contributed by atoms with Crippen LogP contribution in [0.25, 0.3) is 32.5 Å². The van der Waals surface area contributed by atoms with Crippen LogP contribution in [0.5, 0.6) is 5.75 Å². The Bertz CT molecular complexity index is 902. The Morgan fingerprint density at radius 1 is 1.00 bits per heavy atom. The molecule has 0 bridgehead atoms.